The van der Waals surface area contributed by atoms with Gasteiger partial charge in [0.2, 0.25) is 10.0 Å². The lowest BCUT2D eigenvalue weighted by Gasteiger charge is -2.21. The summed E-state index contributed by atoms with van der Waals surface area (Å²) in [6, 6.07) is 9.81. The van der Waals surface area contributed by atoms with E-state index in [1.165, 1.54) is 28.6 Å². The number of nitro benzene ring substituents is 1. The molecule has 7 nitrogen and oxygen atoms in total. The molecule has 0 unspecified atom stereocenters. The molecular weight excluding hydrogens is 373 g/mol. The van der Waals surface area contributed by atoms with Crippen molar-refractivity contribution in [3.8, 4) is 0 Å². The van der Waals surface area contributed by atoms with Gasteiger partial charge < -0.3 is 4.90 Å². The second kappa shape index (κ2) is 7.61. The molecule has 1 saturated heterocycles. The van der Waals surface area contributed by atoms with Gasteiger partial charge in [0.15, 0.2) is 0 Å². The fraction of sp³-hybridized carbons (Fsp3) is 0.333. The summed E-state index contributed by atoms with van der Waals surface area (Å²) >= 11 is 0. The molecule has 0 aromatic heterocycles. The van der Waals surface area contributed by atoms with Gasteiger partial charge in [-0.3, -0.25) is 10.1 Å². The first-order valence-corrected chi connectivity index (χ1v) is 9.97. The number of benzene rings is 2. The highest BCUT2D eigenvalue weighted by molar-refractivity contribution is 7.89. The number of halogens is 1. The smallest absolute Gasteiger partial charge is 0.293 e. The lowest BCUT2D eigenvalue weighted by atomic mass is 10.2. The van der Waals surface area contributed by atoms with Crippen molar-refractivity contribution in [2.75, 3.05) is 25.0 Å². The zero-order chi connectivity index (χ0) is 19.6. The molecule has 0 bridgehead atoms. The molecule has 2 aromatic carbocycles. The van der Waals surface area contributed by atoms with Crippen LogP contribution in [0.5, 0.6) is 0 Å². The van der Waals surface area contributed by atoms with Gasteiger partial charge in [-0.15, -0.1) is 0 Å². The van der Waals surface area contributed by atoms with Crippen molar-refractivity contribution < 1.29 is 17.7 Å². The van der Waals surface area contributed by atoms with E-state index in [2.05, 4.69) is 0 Å². The van der Waals surface area contributed by atoms with E-state index in [4.69, 9.17) is 0 Å². The maximum absolute atomic E-state index is 13.0. The molecule has 144 valence electrons. The van der Waals surface area contributed by atoms with Gasteiger partial charge in [-0.1, -0.05) is 12.1 Å². The summed E-state index contributed by atoms with van der Waals surface area (Å²) in [5, 5.41) is 11.5. The average molecular weight is 393 g/mol. The number of nitro groups is 1. The van der Waals surface area contributed by atoms with E-state index in [1.54, 1.807) is 24.1 Å². The highest BCUT2D eigenvalue weighted by Gasteiger charge is 2.30. The molecule has 2 aromatic rings. The van der Waals surface area contributed by atoms with Gasteiger partial charge >= 0.3 is 0 Å². The standard InChI is InChI=1S/C18H20FN3O4S/c1-20(13-14-4-6-15(19)7-5-14)17-9-8-16(12-18(17)22(23)24)27(25,26)21-10-2-3-11-21/h4-9,12H,2-3,10-11,13H2,1H3. The largest absolute Gasteiger partial charge is 0.365 e. The van der Waals surface area contributed by atoms with Crippen molar-refractivity contribution in [2.24, 2.45) is 0 Å². The van der Waals surface area contributed by atoms with Crippen LogP contribution in [0.25, 0.3) is 0 Å². The van der Waals surface area contributed by atoms with Crippen LogP contribution in [0, 0.1) is 15.9 Å². The fourth-order valence-electron chi connectivity index (χ4n) is 3.16. The topological polar surface area (TPSA) is 83.8 Å². The lowest BCUT2D eigenvalue weighted by molar-refractivity contribution is -0.384. The number of hydrogen-bond acceptors (Lipinski definition) is 5. The van der Waals surface area contributed by atoms with Gasteiger partial charge in [0, 0.05) is 32.7 Å². The molecule has 0 atom stereocenters. The summed E-state index contributed by atoms with van der Waals surface area (Å²) in [5.41, 5.74) is 0.798. The van der Waals surface area contributed by atoms with Crippen LogP contribution in [-0.2, 0) is 16.6 Å². The summed E-state index contributed by atoms with van der Waals surface area (Å²) in [6.07, 6.45) is 1.58. The van der Waals surface area contributed by atoms with Crippen molar-refractivity contribution in [3.63, 3.8) is 0 Å². The Balaban J connectivity index is 1.91. The van der Waals surface area contributed by atoms with Crippen molar-refractivity contribution >= 4 is 21.4 Å². The average Bonchev–Trinajstić information content (AvgIpc) is 3.18. The minimum absolute atomic E-state index is 0.0740. The van der Waals surface area contributed by atoms with E-state index in [0.29, 0.717) is 25.3 Å². The molecule has 1 aliphatic rings. The van der Waals surface area contributed by atoms with Crippen LogP contribution in [0.4, 0.5) is 15.8 Å². The maximum Gasteiger partial charge on any atom is 0.293 e. The Labute approximate surface area is 157 Å². The summed E-state index contributed by atoms with van der Waals surface area (Å²) in [6.45, 7) is 1.18. The molecule has 0 saturated carbocycles. The minimum Gasteiger partial charge on any atom is -0.365 e. The highest BCUT2D eigenvalue weighted by Crippen LogP contribution is 2.32. The Bertz CT molecular complexity index is 942. The van der Waals surface area contributed by atoms with Crippen LogP contribution in [0.2, 0.25) is 0 Å². The number of hydrogen-bond donors (Lipinski definition) is 0. The number of nitrogens with zero attached hydrogens (tertiary/aromatic N) is 3. The summed E-state index contributed by atoms with van der Waals surface area (Å²) < 4.78 is 39.7. The summed E-state index contributed by atoms with van der Waals surface area (Å²) in [5.74, 6) is -0.358. The monoisotopic (exact) mass is 393 g/mol. The van der Waals surface area contributed by atoms with E-state index >= 15 is 0 Å². The zero-order valence-corrected chi connectivity index (χ0v) is 15.7. The quantitative estimate of drug-likeness (QED) is 0.556. The number of sulfonamides is 1. The first-order chi connectivity index (χ1) is 12.8. The van der Waals surface area contributed by atoms with Crippen molar-refractivity contribution in [1.29, 1.82) is 0 Å². The van der Waals surface area contributed by atoms with Crippen LogP contribution < -0.4 is 4.90 Å². The maximum atomic E-state index is 13.0. The Morgan fingerprint density at radius 3 is 2.37 bits per heavy atom. The SMILES string of the molecule is CN(Cc1ccc(F)cc1)c1ccc(S(=O)(=O)N2CCCC2)cc1[N+](=O)[O-]. The second-order valence-electron chi connectivity index (χ2n) is 6.50. The van der Waals surface area contributed by atoms with Gasteiger partial charge in [0.05, 0.1) is 9.82 Å². The molecule has 0 amide bonds. The highest BCUT2D eigenvalue weighted by atomic mass is 32.2. The fourth-order valence-corrected chi connectivity index (χ4v) is 4.70. The Morgan fingerprint density at radius 1 is 1.15 bits per heavy atom. The van der Waals surface area contributed by atoms with Crippen molar-refractivity contribution in [3.05, 3.63) is 64.0 Å². The van der Waals surface area contributed by atoms with E-state index in [0.717, 1.165) is 24.5 Å². The number of rotatable bonds is 6. The summed E-state index contributed by atoms with van der Waals surface area (Å²) in [7, 11) is -2.07. The van der Waals surface area contributed by atoms with Gasteiger partial charge in [-0.2, -0.15) is 4.31 Å². The van der Waals surface area contributed by atoms with E-state index < -0.39 is 14.9 Å². The molecular formula is C18H20FN3O4S. The zero-order valence-electron chi connectivity index (χ0n) is 14.8. The minimum atomic E-state index is -3.73. The van der Waals surface area contributed by atoms with Crippen LogP contribution in [0.15, 0.2) is 47.4 Å². The molecule has 1 aliphatic heterocycles. The first-order valence-electron chi connectivity index (χ1n) is 8.53. The third-order valence-electron chi connectivity index (χ3n) is 4.59. The molecule has 1 heterocycles. The normalized spacial score (nSPS) is 15.0. The third-order valence-corrected chi connectivity index (χ3v) is 6.49. The molecule has 0 radical (unpaired) electrons. The van der Waals surface area contributed by atoms with E-state index in [1.807, 2.05) is 0 Å². The van der Waals surface area contributed by atoms with Crippen molar-refractivity contribution in [2.45, 2.75) is 24.3 Å². The van der Waals surface area contributed by atoms with Crippen LogP contribution in [-0.4, -0.2) is 37.8 Å². The molecule has 0 N–H and O–H groups in total. The van der Waals surface area contributed by atoms with Crippen LogP contribution >= 0.6 is 0 Å². The van der Waals surface area contributed by atoms with Gasteiger partial charge in [0.25, 0.3) is 5.69 Å². The third kappa shape index (κ3) is 4.09. The molecule has 27 heavy (non-hydrogen) atoms. The van der Waals surface area contributed by atoms with Gasteiger partial charge in [0.1, 0.15) is 11.5 Å². The molecule has 3 rings (SSSR count). The molecule has 1 fully saturated rings. The Morgan fingerprint density at radius 2 is 1.78 bits per heavy atom. The van der Waals surface area contributed by atoms with Crippen LogP contribution in [0.3, 0.4) is 0 Å². The van der Waals surface area contributed by atoms with Gasteiger partial charge in [-0.05, 0) is 42.7 Å². The molecule has 9 heteroatoms. The predicted octanol–water partition coefficient (Wildman–Crippen LogP) is 3.15. The molecule has 0 aliphatic carbocycles. The Hall–Kier alpha value is -2.52. The summed E-state index contributed by atoms with van der Waals surface area (Å²) in [4.78, 5) is 12.5. The lowest BCUT2D eigenvalue weighted by Crippen LogP contribution is -2.28. The molecule has 0 spiro atoms. The van der Waals surface area contributed by atoms with Crippen LogP contribution in [0.1, 0.15) is 18.4 Å². The second-order valence-corrected chi connectivity index (χ2v) is 8.44. The predicted molar refractivity (Wildman–Crippen MR) is 99.6 cm³/mol. The number of anilines is 1. The van der Waals surface area contributed by atoms with E-state index in [-0.39, 0.29) is 16.4 Å². The van der Waals surface area contributed by atoms with Gasteiger partial charge in [-0.25, -0.2) is 12.8 Å². The van der Waals surface area contributed by atoms with E-state index in [9.17, 15) is 22.9 Å². The Kier molecular flexibility index (Phi) is 5.43. The van der Waals surface area contributed by atoms with Crippen molar-refractivity contribution in [1.82, 2.24) is 4.31 Å². The first kappa shape index (κ1) is 19.2.